The summed E-state index contributed by atoms with van der Waals surface area (Å²) < 4.78 is 6.44. The SMILES string of the molecule is Cc1c(N=c2scc(-c3ccccc3Br)n2N=C2CCC(C)CC2)c(=O)n(-c2ccccc2)n1C. The monoisotopic (exact) mass is 549 g/mol. The van der Waals surface area contributed by atoms with E-state index >= 15 is 0 Å². The van der Waals surface area contributed by atoms with Crippen molar-refractivity contribution >= 4 is 38.7 Å². The summed E-state index contributed by atoms with van der Waals surface area (Å²) in [6.07, 6.45) is 4.29. The van der Waals surface area contributed by atoms with Gasteiger partial charge in [-0.3, -0.25) is 9.48 Å². The summed E-state index contributed by atoms with van der Waals surface area (Å²) in [4.78, 5) is 19.1. The van der Waals surface area contributed by atoms with Crippen LogP contribution in [0.3, 0.4) is 0 Å². The highest BCUT2D eigenvalue weighted by molar-refractivity contribution is 9.10. The van der Waals surface area contributed by atoms with Gasteiger partial charge in [0.1, 0.15) is 0 Å². The molecule has 8 heteroatoms. The minimum Gasteiger partial charge on any atom is -0.283 e. The molecule has 0 amide bonds. The maximum Gasteiger partial charge on any atom is 0.297 e. The van der Waals surface area contributed by atoms with Gasteiger partial charge in [-0.2, -0.15) is 5.10 Å². The molecular weight excluding hydrogens is 522 g/mol. The van der Waals surface area contributed by atoms with E-state index in [1.165, 1.54) is 17.0 Å². The highest BCUT2D eigenvalue weighted by atomic mass is 79.9. The Labute approximate surface area is 217 Å². The molecule has 0 aliphatic heterocycles. The lowest BCUT2D eigenvalue weighted by molar-refractivity contribution is 0.481. The van der Waals surface area contributed by atoms with Crippen LogP contribution in [-0.4, -0.2) is 19.8 Å². The van der Waals surface area contributed by atoms with Gasteiger partial charge in [0.25, 0.3) is 5.56 Å². The van der Waals surface area contributed by atoms with Crippen molar-refractivity contribution in [1.82, 2.24) is 14.0 Å². The van der Waals surface area contributed by atoms with Crippen molar-refractivity contribution < 1.29 is 0 Å². The van der Waals surface area contributed by atoms with Crippen LogP contribution in [0.15, 0.2) is 79.3 Å². The second kappa shape index (κ2) is 9.95. The van der Waals surface area contributed by atoms with E-state index in [0.717, 1.165) is 58.7 Å². The first kappa shape index (κ1) is 23.8. The summed E-state index contributed by atoms with van der Waals surface area (Å²) in [6, 6.07) is 17.8. The number of nitrogens with zero attached hydrogens (tertiary/aromatic N) is 5. The average Bonchev–Trinajstić information content (AvgIpc) is 3.35. The van der Waals surface area contributed by atoms with Crippen molar-refractivity contribution in [1.29, 1.82) is 0 Å². The van der Waals surface area contributed by atoms with Crippen LogP contribution in [0.5, 0.6) is 0 Å². The third-order valence-corrected chi connectivity index (χ3v) is 8.17. The van der Waals surface area contributed by atoms with Crippen molar-refractivity contribution in [3.8, 4) is 16.9 Å². The van der Waals surface area contributed by atoms with Crippen LogP contribution >= 0.6 is 27.3 Å². The van der Waals surface area contributed by atoms with Crippen LogP contribution in [0, 0.1) is 12.8 Å². The Kier molecular flexibility index (Phi) is 6.75. The molecule has 180 valence electrons. The smallest absolute Gasteiger partial charge is 0.283 e. The fourth-order valence-electron chi connectivity index (χ4n) is 4.44. The van der Waals surface area contributed by atoms with Gasteiger partial charge < -0.3 is 0 Å². The first-order chi connectivity index (χ1) is 16.9. The molecule has 0 N–H and O–H groups in total. The van der Waals surface area contributed by atoms with Gasteiger partial charge >= 0.3 is 0 Å². The number of thiazole rings is 1. The predicted octanol–water partition coefficient (Wildman–Crippen LogP) is 6.42. The molecule has 2 aromatic heterocycles. The molecule has 1 aliphatic carbocycles. The van der Waals surface area contributed by atoms with E-state index in [9.17, 15) is 4.79 Å². The van der Waals surface area contributed by atoms with E-state index in [4.69, 9.17) is 10.1 Å². The molecule has 1 fully saturated rings. The Morgan fingerprint density at radius 2 is 1.71 bits per heavy atom. The van der Waals surface area contributed by atoms with Crippen molar-refractivity contribution in [3.63, 3.8) is 0 Å². The summed E-state index contributed by atoms with van der Waals surface area (Å²) >= 11 is 5.20. The van der Waals surface area contributed by atoms with Crippen molar-refractivity contribution in [2.75, 3.05) is 0 Å². The Morgan fingerprint density at radius 3 is 2.43 bits per heavy atom. The van der Waals surface area contributed by atoms with E-state index in [-0.39, 0.29) is 5.56 Å². The summed E-state index contributed by atoms with van der Waals surface area (Å²) in [6.45, 7) is 4.23. The molecule has 0 radical (unpaired) electrons. The molecule has 0 atom stereocenters. The summed E-state index contributed by atoms with van der Waals surface area (Å²) in [5, 5.41) is 7.16. The Bertz CT molecular complexity index is 1510. The standard InChI is InChI=1S/C27H28BrN5OS/c1-18-13-15-20(16-14-18)30-32-24(22-11-7-8-12-23(22)28)17-35-27(32)29-25-19(2)31(3)33(26(25)34)21-9-5-4-6-10-21/h4-12,17-18H,13-16H2,1-3H3. The lowest BCUT2D eigenvalue weighted by Crippen LogP contribution is -2.20. The number of hydrogen-bond donors (Lipinski definition) is 0. The van der Waals surface area contributed by atoms with Crippen LogP contribution in [0.1, 0.15) is 38.3 Å². The number of para-hydroxylation sites is 1. The second-order valence-electron chi connectivity index (χ2n) is 9.07. The number of hydrogen-bond acceptors (Lipinski definition) is 4. The van der Waals surface area contributed by atoms with Gasteiger partial charge in [0.2, 0.25) is 4.80 Å². The molecule has 2 aromatic carbocycles. The van der Waals surface area contributed by atoms with Crippen molar-refractivity contribution in [2.45, 2.75) is 39.5 Å². The normalized spacial score (nSPS) is 16.6. The maximum absolute atomic E-state index is 13.5. The first-order valence-electron chi connectivity index (χ1n) is 11.8. The maximum atomic E-state index is 13.5. The molecule has 0 saturated heterocycles. The van der Waals surface area contributed by atoms with Gasteiger partial charge in [0.05, 0.1) is 17.1 Å². The van der Waals surface area contributed by atoms with Gasteiger partial charge in [-0.25, -0.2) is 14.4 Å². The average molecular weight is 551 g/mol. The number of halogens is 1. The molecule has 1 saturated carbocycles. The van der Waals surface area contributed by atoms with Crippen molar-refractivity contribution in [3.05, 3.63) is 85.3 Å². The molecule has 1 aliphatic rings. The number of aromatic nitrogens is 3. The molecule has 0 spiro atoms. The van der Waals surface area contributed by atoms with Crippen LogP contribution in [0.2, 0.25) is 0 Å². The Hall–Kier alpha value is -2.97. The topological polar surface area (TPSA) is 56.6 Å². The molecule has 5 rings (SSSR count). The largest absolute Gasteiger partial charge is 0.297 e. The quantitative estimate of drug-likeness (QED) is 0.289. The number of rotatable bonds is 4. The highest BCUT2D eigenvalue weighted by Gasteiger charge is 2.19. The van der Waals surface area contributed by atoms with E-state index < -0.39 is 0 Å². The molecule has 2 heterocycles. The van der Waals surface area contributed by atoms with Gasteiger partial charge in [-0.1, -0.05) is 59.3 Å². The molecule has 4 aromatic rings. The molecule has 0 bridgehead atoms. The summed E-state index contributed by atoms with van der Waals surface area (Å²) in [5.41, 5.74) is 5.10. The first-order valence-corrected chi connectivity index (χ1v) is 13.5. The van der Waals surface area contributed by atoms with E-state index in [2.05, 4.69) is 34.3 Å². The predicted molar refractivity (Wildman–Crippen MR) is 147 cm³/mol. The van der Waals surface area contributed by atoms with E-state index in [1.54, 1.807) is 4.68 Å². The van der Waals surface area contributed by atoms with Gasteiger partial charge in [-0.05, 0) is 56.7 Å². The van der Waals surface area contributed by atoms with E-state index in [0.29, 0.717) is 10.5 Å². The van der Waals surface area contributed by atoms with Crippen LogP contribution in [0.4, 0.5) is 5.69 Å². The van der Waals surface area contributed by atoms with Crippen molar-refractivity contribution in [2.24, 2.45) is 23.1 Å². The highest BCUT2D eigenvalue weighted by Crippen LogP contribution is 2.29. The zero-order valence-electron chi connectivity index (χ0n) is 20.1. The van der Waals surface area contributed by atoms with Gasteiger partial charge in [0.15, 0.2) is 5.69 Å². The molecular formula is C27H28BrN5OS. The summed E-state index contributed by atoms with van der Waals surface area (Å²) in [7, 11) is 1.89. The fraction of sp³-hybridized carbons (Fsp3) is 0.296. The Balaban J connectivity index is 1.70. The third kappa shape index (κ3) is 4.65. The molecule has 0 unspecified atom stereocenters. The zero-order valence-corrected chi connectivity index (χ0v) is 22.5. The molecule has 6 nitrogen and oxygen atoms in total. The second-order valence-corrected chi connectivity index (χ2v) is 10.8. The Morgan fingerprint density at radius 1 is 1.03 bits per heavy atom. The van der Waals surface area contributed by atoms with E-state index in [1.807, 2.05) is 71.9 Å². The van der Waals surface area contributed by atoms with Crippen LogP contribution in [0.25, 0.3) is 16.9 Å². The minimum atomic E-state index is -0.141. The zero-order chi connectivity index (χ0) is 24.5. The van der Waals surface area contributed by atoms with Crippen LogP contribution in [-0.2, 0) is 7.05 Å². The van der Waals surface area contributed by atoms with Gasteiger partial charge in [0, 0.05) is 28.2 Å². The minimum absolute atomic E-state index is 0.141. The third-order valence-electron chi connectivity index (χ3n) is 6.66. The lowest BCUT2D eigenvalue weighted by atomic mass is 9.90. The number of benzene rings is 2. The summed E-state index contributed by atoms with van der Waals surface area (Å²) in [5.74, 6) is 0.733. The fourth-order valence-corrected chi connectivity index (χ4v) is 5.76. The van der Waals surface area contributed by atoms with Gasteiger partial charge in [-0.15, -0.1) is 11.3 Å². The molecule has 35 heavy (non-hydrogen) atoms. The lowest BCUT2D eigenvalue weighted by Gasteiger charge is -2.19. The van der Waals surface area contributed by atoms with Crippen LogP contribution < -0.4 is 10.4 Å².